The van der Waals surface area contributed by atoms with Gasteiger partial charge in [0.25, 0.3) is 0 Å². The van der Waals surface area contributed by atoms with E-state index in [1.807, 2.05) is 12.1 Å². The second kappa shape index (κ2) is 9.11. The summed E-state index contributed by atoms with van der Waals surface area (Å²) in [5, 5.41) is 12.9. The van der Waals surface area contributed by atoms with Crippen LogP contribution in [0, 0.1) is 0 Å². The zero-order chi connectivity index (χ0) is 17.5. The number of rotatable bonds is 7. The summed E-state index contributed by atoms with van der Waals surface area (Å²) in [4.78, 5) is 2.44. The fraction of sp³-hybridized carbons (Fsp3) is 0.429. The van der Waals surface area contributed by atoms with Gasteiger partial charge < -0.3 is 15.2 Å². The predicted molar refractivity (Wildman–Crippen MR) is 100 cm³/mol. The van der Waals surface area contributed by atoms with Crippen LogP contribution in [0.4, 0.5) is 0 Å². The normalized spacial score (nSPS) is 16.7. The Labute approximate surface area is 150 Å². The third-order valence-corrected chi connectivity index (χ3v) is 4.75. The number of aliphatic hydroxyl groups excluding tert-OH is 1. The molecule has 134 valence electrons. The highest BCUT2D eigenvalue weighted by atomic mass is 16.5. The fourth-order valence-corrected chi connectivity index (χ4v) is 3.21. The summed E-state index contributed by atoms with van der Waals surface area (Å²) in [7, 11) is 0. The second-order valence-electron chi connectivity index (χ2n) is 6.71. The molecule has 1 heterocycles. The minimum absolute atomic E-state index is 0.0874. The molecule has 2 aromatic rings. The van der Waals surface area contributed by atoms with E-state index in [2.05, 4.69) is 53.5 Å². The summed E-state index contributed by atoms with van der Waals surface area (Å²) in [5.74, 6) is 0. The van der Waals surface area contributed by atoms with Crippen LogP contribution in [-0.4, -0.2) is 36.3 Å². The van der Waals surface area contributed by atoms with Gasteiger partial charge in [-0.05, 0) is 29.2 Å². The Bertz CT molecular complexity index is 668. The van der Waals surface area contributed by atoms with Gasteiger partial charge in [0.1, 0.15) is 0 Å². The first-order valence-electron chi connectivity index (χ1n) is 9.05. The maximum absolute atomic E-state index is 9.28. The average Bonchev–Trinajstić information content (AvgIpc) is 2.67. The summed E-state index contributed by atoms with van der Waals surface area (Å²) >= 11 is 0. The lowest BCUT2D eigenvalue weighted by Crippen LogP contribution is -2.35. The van der Waals surface area contributed by atoms with Crippen LogP contribution in [0.2, 0.25) is 0 Å². The standard InChI is InChI=1S/C21H28N2O2/c1-17(21-7-3-6-20(13-21)16-24)22-14-18-4-2-5-19(12-18)15-23-8-10-25-11-9-23/h2-7,12-13,17,22,24H,8-11,14-16H2,1H3. The van der Waals surface area contributed by atoms with Crippen molar-refractivity contribution >= 4 is 0 Å². The lowest BCUT2D eigenvalue weighted by atomic mass is 10.0. The largest absolute Gasteiger partial charge is 0.392 e. The third-order valence-electron chi connectivity index (χ3n) is 4.75. The number of morpholine rings is 1. The number of aliphatic hydroxyl groups is 1. The Morgan fingerprint density at radius 1 is 1.04 bits per heavy atom. The molecule has 2 aromatic carbocycles. The van der Waals surface area contributed by atoms with Crippen molar-refractivity contribution in [3.63, 3.8) is 0 Å². The van der Waals surface area contributed by atoms with E-state index >= 15 is 0 Å². The van der Waals surface area contributed by atoms with E-state index in [4.69, 9.17) is 4.74 Å². The first-order chi connectivity index (χ1) is 12.2. The SMILES string of the molecule is CC(NCc1cccc(CN2CCOCC2)c1)c1cccc(CO)c1. The lowest BCUT2D eigenvalue weighted by molar-refractivity contribution is 0.0342. The van der Waals surface area contributed by atoms with Gasteiger partial charge in [0.2, 0.25) is 0 Å². The van der Waals surface area contributed by atoms with Crippen LogP contribution in [0.25, 0.3) is 0 Å². The van der Waals surface area contributed by atoms with Gasteiger partial charge in [0.15, 0.2) is 0 Å². The van der Waals surface area contributed by atoms with Crippen LogP contribution in [0.5, 0.6) is 0 Å². The molecule has 0 radical (unpaired) electrons. The molecule has 4 heteroatoms. The van der Waals surface area contributed by atoms with Crippen molar-refractivity contribution < 1.29 is 9.84 Å². The topological polar surface area (TPSA) is 44.7 Å². The van der Waals surface area contributed by atoms with E-state index in [9.17, 15) is 5.11 Å². The van der Waals surface area contributed by atoms with Crippen LogP contribution in [-0.2, 0) is 24.4 Å². The molecule has 1 atom stereocenters. The minimum atomic E-state index is 0.0874. The van der Waals surface area contributed by atoms with Gasteiger partial charge in [-0.15, -0.1) is 0 Å². The highest BCUT2D eigenvalue weighted by Gasteiger charge is 2.11. The molecule has 1 aliphatic heterocycles. The number of benzene rings is 2. The Morgan fingerprint density at radius 3 is 2.56 bits per heavy atom. The Balaban J connectivity index is 1.56. The molecule has 25 heavy (non-hydrogen) atoms. The van der Waals surface area contributed by atoms with Crippen LogP contribution in [0.1, 0.15) is 35.2 Å². The van der Waals surface area contributed by atoms with Gasteiger partial charge in [-0.2, -0.15) is 0 Å². The summed E-state index contributed by atoms with van der Waals surface area (Å²) < 4.78 is 5.42. The molecule has 0 aromatic heterocycles. The monoisotopic (exact) mass is 340 g/mol. The van der Waals surface area contributed by atoms with Crippen molar-refractivity contribution in [2.75, 3.05) is 26.3 Å². The van der Waals surface area contributed by atoms with E-state index in [0.29, 0.717) is 0 Å². The summed E-state index contributed by atoms with van der Waals surface area (Å²) in [5.41, 5.74) is 4.82. The Morgan fingerprint density at radius 2 is 1.76 bits per heavy atom. The highest BCUT2D eigenvalue weighted by Crippen LogP contribution is 2.16. The van der Waals surface area contributed by atoms with Gasteiger partial charge in [0, 0.05) is 32.2 Å². The molecule has 4 nitrogen and oxygen atoms in total. The smallest absolute Gasteiger partial charge is 0.0681 e. The number of hydrogen-bond donors (Lipinski definition) is 2. The molecule has 1 aliphatic rings. The lowest BCUT2D eigenvalue weighted by Gasteiger charge is -2.26. The number of hydrogen-bond acceptors (Lipinski definition) is 4. The zero-order valence-electron chi connectivity index (χ0n) is 14.9. The van der Waals surface area contributed by atoms with E-state index in [-0.39, 0.29) is 12.6 Å². The van der Waals surface area contributed by atoms with Gasteiger partial charge >= 0.3 is 0 Å². The summed E-state index contributed by atoms with van der Waals surface area (Å²) in [6.45, 7) is 7.78. The summed E-state index contributed by atoms with van der Waals surface area (Å²) in [6, 6.07) is 17.2. The fourth-order valence-electron chi connectivity index (χ4n) is 3.21. The highest BCUT2D eigenvalue weighted by molar-refractivity contribution is 5.26. The van der Waals surface area contributed by atoms with Crippen molar-refractivity contribution in [3.8, 4) is 0 Å². The molecule has 1 unspecified atom stereocenters. The van der Waals surface area contributed by atoms with Crippen molar-refractivity contribution in [3.05, 3.63) is 70.8 Å². The maximum Gasteiger partial charge on any atom is 0.0681 e. The maximum atomic E-state index is 9.28. The van der Waals surface area contributed by atoms with E-state index < -0.39 is 0 Å². The molecular formula is C21H28N2O2. The van der Waals surface area contributed by atoms with Gasteiger partial charge in [-0.3, -0.25) is 4.90 Å². The number of nitrogens with zero attached hydrogens (tertiary/aromatic N) is 1. The molecule has 1 saturated heterocycles. The minimum Gasteiger partial charge on any atom is -0.392 e. The quantitative estimate of drug-likeness (QED) is 0.813. The van der Waals surface area contributed by atoms with Crippen molar-refractivity contribution in [2.45, 2.75) is 32.7 Å². The third kappa shape index (κ3) is 5.38. The first-order valence-corrected chi connectivity index (χ1v) is 9.05. The van der Waals surface area contributed by atoms with Gasteiger partial charge in [0.05, 0.1) is 19.8 Å². The van der Waals surface area contributed by atoms with E-state index in [1.165, 1.54) is 16.7 Å². The molecule has 3 rings (SSSR count). The van der Waals surface area contributed by atoms with Gasteiger partial charge in [-0.25, -0.2) is 0 Å². The van der Waals surface area contributed by atoms with Crippen LogP contribution in [0.3, 0.4) is 0 Å². The Kier molecular flexibility index (Phi) is 6.59. The molecule has 0 saturated carbocycles. The van der Waals surface area contributed by atoms with Crippen LogP contribution < -0.4 is 5.32 Å². The van der Waals surface area contributed by atoms with Gasteiger partial charge in [-0.1, -0.05) is 48.5 Å². The van der Waals surface area contributed by atoms with Crippen molar-refractivity contribution in [2.24, 2.45) is 0 Å². The molecule has 1 fully saturated rings. The van der Waals surface area contributed by atoms with E-state index in [1.54, 1.807) is 0 Å². The molecule has 2 N–H and O–H groups in total. The first kappa shape index (κ1) is 18.1. The number of nitrogens with one attached hydrogen (secondary N) is 1. The predicted octanol–water partition coefficient (Wildman–Crippen LogP) is 2.86. The van der Waals surface area contributed by atoms with Crippen molar-refractivity contribution in [1.82, 2.24) is 10.2 Å². The van der Waals surface area contributed by atoms with Crippen LogP contribution in [0.15, 0.2) is 48.5 Å². The second-order valence-corrected chi connectivity index (χ2v) is 6.71. The number of ether oxygens (including phenoxy) is 1. The van der Waals surface area contributed by atoms with Crippen LogP contribution >= 0.6 is 0 Å². The molecule has 0 bridgehead atoms. The molecule has 0 aliphatic carbocycles. The molecule has 0 spiro atoms. The Hall–Kier alpha value is -1.72. The van der Waals surface area contributed by atoms with E-state index in [0.717, 1.165) is 45.0 Å². The summed E-state index contributed by atoms with van der Waals surface area (Å²) in [6.07, 6.45) is 0. The van der Waals surface area contributed by atoms with Crippen molar-refractivity contribution in [1.29, 1.82) is 0 Å². The average molecular weight is 340 g/mol. The molecular weight excluding hydrogens is 312 g/mol. The molecule has 0 amide bonds. The zero-order valence-corrected chi connectivity index (χ0v) is 14.9.